The second kappa shape index (κ2) is 5.13. The van der Waals surface area contributed by atoms with Gasteiger partial charge in [0.15, 0.2) is 6.29 Å². The van der Waals surface area contributed by atoms with Gasteiger partial charge in [0.05, 0.1) is 5.56 Å². The summed E-state index contributed by atoms with van der Waals surface area (Å²) in [6.07, 6.45) is 0.763. The van der Waals surface area contributed by atoms with Crippen LogP contribution in [0.25, 0.3) is 22.6 Å². The molecule has 0 saturated carbocycles. The molecule has 0 radical (unpaired) electrons. The van der Waals surface area contributed by atoms with E-state index in [2.05, 4.69) is 0 Å². The molecule has 3 aromatic rings. The lowest BCUT2D eigenvalue weighted by atomic mass is 10.1. The van der Waals surface area contributed by atoms with Crippen LogP contribution in [0.4, 0.5) is 4.39 Å². The van der Waals surface area contributed by atoms with E-state index in [1.807, 2.05) is 30.3 Å². The van der Waals surface area contributed by atoms with Crippen molar-refractivity contribution < 1.29 is 13.6 Å². The summed E-state index contributed by atoms with van der Waals surface area (Å²) in [5.41, 5.74) is 2.05. The van der Waals surface area contributed by atoms with Crippen LogP contribution in [0.5, 0.6) is 0 Å². The molecule has 1 heterocycles. The van der Waals surface area contributed by atoms with Crippen LogP contribution in [0, 0.1) is 5.82 Å². The van der Waals surface area contributed by atoms with Gasteiger partial charge in [-0.2, -0.15) is 0 Å². The van der Waals surface area contributed by atoms with Crippen molar-refractivity contribution in [1.29, 1.82) is 0 Å². The Morgan fingerprint density at radius 3 is 2.25 bits per heavy atom. The number of carbonyl (C=O) groups excluding carboxylic acids is 1. The fourth-order valence-electron chi connectivity index (χ4n) is 2.06. The minimum Gasteiger partial charge on any atom is -0.455 e. The number of aldehydes is 1. The molecule has 2 aromatic carbocycles. The number of carbonyl (C=O) groups is 1. The maximum absolute atomic E-state index is 12.9. The standard InChI is InChI=1S/C17H11FO2/c18-15-8-6-12(7-9-15)16-10-14(11-19)17(20-16)13-4-2-1-3-5-13/h1-11H. The van der Waals surface area contributed by atoms with E-state index < -0.39 is 0 Å². The van der Waals surface area contributed by atoms with Gasteiger partial charge in [-0.25, -0.2) is 4.39 Å². The highest BCUT2D eigenvalue weighted by atomic mass is 19.1. The molecule has 1 aromatic heterocycles. The molecule has 0 aliphatic heterocycles. The number of hydrogen-bond acceptors (Lipinski definition) is 2. The van der Waals surface area contributed by atoms with Gasteiger partial charge in [0.25, 0.3) is 0 Å². The fourth-order valence-corrected chi connectivity index (χ4v) is 2.06. The Bertz CT molecular complexity index is 727. The second-order valence-corrected chi connectivity index (χ2v) is 4.39. The summed E-state index contributed by atoms with van der Waals surface area (Å²) in [7, 11) is 0. The molecular formula is C17H11FO2. The first-order valence-electron chi connectivity index (χ1n) is 6.18. The first-order valence-corrected chi connectivity index (χ1v) is 6.18. The maximum Gasteiger partial charge on any atom is 0.153 e. The number of hydrogen-bond donors (Lipinski definition) is 0. The third-order valence-electron chi connectivity index (χ3n) is 3.05. The molecule has 0 saturated heterocycles. The normalized spacial score (nSPS) is 10.4. The van der Waals surface area contributed by atoms with E-state index in [4.69, 9.17) is 4.42 Å². The van der Waals surface area contributed by atoms with Crippen molar-refractivity contribution in [2.24, 2.45) is 0 Å². The predicted octanol–water partition coefficient (Wildman–Crippen LogP) is 4.57. The Balaban J connectivity index is 2.09. The molecule has 0 N–H and O–H groups in total. The zero-order chi connectivity index (χ0) is 13.9. The summed E-state index contributed by atoms with van der Waals surface area (Å²) in [5.74, 6) is 0.769. The van der Waals surface area contributed by atoms with Crippen LogP contribution >= 0.6 is 0 Å². The number of furan rings is 1. The van der Waals surface area contributed by atoms with E-state index in [-0.39, 0.29) is 5.82 Å². The van der Waals surface area contributed by atoms with Gasteiger partial charge in [0, 0.05) is 11.1 Å². The molecule has 0 aliphatic rings. The minimum absolute atomic E-state index is 0.306. The lowest BCUT2D eigenvalue weighted by molar-refractivity contribution is 0.112. The van der Waals surface area contributed by atoms with Crippen molar-refractivity contribution >= 4 is 6.29 Å². The van der Waals surface area contributed by atoms with Crippen LogP contribution < -0.4 is 0 Å². The van der Waals surface area contributed by atoms with E-state index in [1.165, 1.54) is 12.1 Å². The number of rotatable bonds is 3. The van der Waals surface area contributed by atoms with E-state index in [0.29, 0.717) is 17.1 Å². The predicted molar refractivity (Wildman–Crippen MR) is 74.9 cm³/mol. The second-order valence-electron chi connectivity index (χ2n) is 4.39. The smallest absolute Gasteiger partial charge is 0.153 e. The van der Waals surface area contributed by atoms with Crippen LogP contribution in [0.3, 0.4) is 0 Å². The van der Waals surface area contributed by atoms with Crippen LogP contribution in [0.2, 0.25) is 0 Å². The summed E-state index contributed by atoms with van der Waals surface area (Å²) in [6, 6.07) is 17.0. The first-order chi connectivity index (χ1) is 9.78. The van der Waals surface area contributed by atoms with Gasteiger partial charge < -0.3 is 4.42 Å². The Labute approximate surface area is 115 Å². The van der Waals surface area contributed by atoms with Crippen molar-refractivity contribution in [3.8, 4) is 22.6 Å². The van der Waals surface area contributed by atoms with Gasteiger partial charge in [0.1, 0.15) is 17.3 Å². The molecule has 0 unspecified atom stereocenters. The third-order valence-corrected chi connectivity index (χ3v) is 3.05. The Morgan fingerprint density at radius 2 is 1.60 bits per heavy atom. The number of benzene rings is 2. The molecule has 0 fully saturated rings. The SMILES string of the molecule is O=Cc1cc(-c2ccc(F)cc2)oc1-c1ccccc1. The Kier molecular flexibility index (Phi) is 3.17. The summed E-state index contributed by atoms with van der Waals surface area (Å²) in [6.45, 7) is 0. The fraction of sp³-hybridized carbons (Fsp3) is 0. The van der Waals surface area contributed by atoms with Gasteiger partial charge in [-0.1, -0.05) is 30.3 Å². The van der Waals surface area contributed by atoms with Gasteiger partial charge >= 0.3 is 0 Å². The van der Waals surface area contributed by atoms with Crippen LogP contribution in [0.15, 0.2) is 65.1 Å². The summed E-state index contributed by atoms with van der Waals surface area (Å²) in [5, 5.41) is 0. The molecule has 0 aliphatic carbocycles. The minimum atomic E-state index is -0.306. The molecule has 0 spiro atoms. The van der Waals surface area contributed by atoms with Crippen molar-refractivity contribution in [2.75, 3.05) is 0 Å². The Hall–Kier alpha value is -2.68. The highest BCUT2D eigenvalue weighted by Gasteiger charge is 2.13. The van der Waals surface area contributed by atoms with Gasteiger partial charge in [-0.15, -0.1) is 0 Å². The van der Waals surface area contributed by atoms with Crippen molar-refractivity contribution in [1.82, 2.24) is 0 Å². The lowest BCUT2D eigenvalue weighted by Crippen LogP contribution is -1.79. The highest BCUT2D eigenvalue weighted by molar-refractivity contribution is 5.87. The van der Waals surface area contributed by atoms with Crippen LogP contribution in [0.1, 0.15) is 10.4 Å². The van der Waals surface area contributed by atoms with E-state index in [0.717, 1.165) is 17.4 Å². The van der Waals surface area contributed by atoms with Gasteiger partial charge in [-0.05, 0) is 30.3 Å². The number of halogens is 1. The van der Waals surface area contributed by atoms with E-state index in [1.54, 1.807) is 18.2 Å². The quantitative estimate of drug-likeness (QED) is 0.650. The Morgan fingerprint density at radius 1 is 0.900 bits per heavy atom. The molecule has 3 rings (SSSR count). The van der Waals surface area contributed by atoms with Gasteiger partial charge in [-0.3, -0.25) is 4.79 Å². The molecule has 0 amide bonds. The first kappa shape index (κ1) is 12.4. The molecule has 98 valence electrons. The van der Waals surface area contributed by atoms with Crippen molar-refractivity contribution in [2.45, 2.75) is 0 Å². The average Bonchev–Trinajstić information content (AvgIpc) is 2.93. The maximum atomic E-state index is 12.9. The highest BCUT2D eigenvalue weighted by Crippen LogP contribution is 2.31. The van der Waals surface area contributed by atoms with Crippen molar-refractivity contribution in [3.05, 3.63) is 72.0 Å². The molecule has 2 nitrogen and oxygen atoms in total. The monoisotopic (exact) mass is 266 g/mol. The van der Waals surface area contributed by atoms with Crippen LogP contribution in [-0.4, -0.2) is 6.29 Å². The third kappa shape index (κ3) is 2.26. The van der Waals surface area contributed by atoms with E-state index >= 15 is 0 Å². The summed E-state index contributed by atoms with van der Waals surface area (Å²) >= 11 is 0. The average molecular weight is 266 g/mol. The van der Waals surface area contributed by atoms with E-state index in [9.17, 15) is 9.18 Å². The molecule has 0 atom stereocenters. The molecule has 20 heavy (non-hydrogen) atoms. The summed E-state index contributed by atoms with van der Waals surface area (Å²) in [4.78, 5) is 11.2. The molecular weight excluding hydrogens is 255 g/mol. The largest absolute Gasteiger partial charge is 0.455 e. The molecule has 3 heteroatoms. The zero-order valence-corrected chi connectivity index (χ0v) is 10.5. The van der Waals surface area contributed by atoms with Gasteiger partial charge in [0.2, 0.25) is 0 Å². The lowest BCUT2D eigenvalue weighted by Gasteiger charge is -1.98. The van der Waals surface area contributed by atoms with Crippen LogP contribution in [-0.2, 0) is 0 Å². The zero-order valence-electron chi connectivity index (χ0n) is 10.5. The van der Waals surface area contributed by atoms with Crippen molar-refractivity contribution in [3.63, 3.8) is 0 Å². The summed E-state index contributed by atoms with van der Waals surface area (Å²) < 4.78 is 18.7. The topological polar surface area (TPSA) is 30.2 Å². The molecule has 0 bridgehead atoms.